The molecule has 6 heteroatoms. The predicted molar refractivity (Wildman–Crippen MR) is 73.0 cm³/mol. The SMILES string of the molecule is CCOC(=O)CC(O)C(O)c1cc2cn[nH]c2cc1C. The number of rotatable bonds is 5. The lowest BCUT2D eigenvalue weighted by molar-refractivity contribution is -0.147. The van der Waals surface area contributed by atoms with E-state index in [0.29, 0.717) is 5.56 Å². The van der Waals surface area contributed by atoms with Crippen molar-refractivity contribution in [3.63, 3.8) is 0 Å². The van der Waals surface area contributed by atoms with Crippen molar-refractivity contribution in [2.45, 2.75) is 32.5 Å². The van der Waals surface area contributed by atoms with E-state index in [1.165, 1.54) is 0 Å². The second-order valence-electron chi connectivity index (χ2n) is 4.69. The molecule has 0 spiro atoms. The lowest BCUT2D eigenvalue weighted by atomic mass is 9.96. The van der Waals surface area contributed by atoms with Crippen LogP contribution in [0.5, 0.6) is 0 Å². The lowest BCUT2D eigenvalue weighted by Crippen LogP contribution is -2.23. The molecule has 1 heterocycles. The molecule has 0 aliphatic carbocycles. The third-order valence-corrected chi connectivity index (χ3v) is 3.19. The highest BCUT2D eigenvalue weighted by Gasteiger charge is 2.23. The molecular weight excluding hydrogens is 260 g/mol. The molecule has 3 N–H and O–H groups in total. The standard InChI is InChI=1S/C14H18N2O4/c1-3-20-13(18)6-12(17)14(19)10-5-9-7-15-16-11(9)4-8(10)2/h4-5,7,12,14,17,19H,3,6H2,1-2H3,(H,15,16). The number of aromatic amines is 1. The molecule has 0 radical (unpaired) electrons. The van der Waals surface area contributed by atoms with Crippen LogP contribution in [0.4, 0.5) is 0 Å². The average Bonchev–Trinajstić information content (AvgIpc) is 2.84. The summed E-state index contributed by atoms with van der Waals surface area (Å²) in [6, 6.07) is 3.60. The van der Waals surface area contributed by atoms with Crippen LogP contribution < -0.4 is 0 Å². The number of fused-ring (bicyclic) bond motifs is 1. The Hall–Kier alpha value is -1.92. The first-order valence-corrected chi connectivity index (χ1v) is 6.48. The van der Waals surface area contributed by atoms with Gasteiger partial charge in [0.05, 0.1) is 30.8 Å². The Morgan fingerprint density at radius 2 is 2.20 bits per heavy atom. The Kier molecular flexibility index (Phi) is 4.36. The molecule has 2 aromatic rings. The fraction of sp³-hybridized carbons (Fsp3) is 0.429. The van der Waals surface area contributed by atoms with Crippen molar-refractivity contribution in [3.05, 3.63) is 29.5 Å². The summed E-state index contributed by atoms with van der Waals surface area (Å²) in [7, 11) is 0. The van der Waals surface area contributed by atoms with E-state index in [1.807, 2.05) is 13.0 Å². The smallest absolute Gasteiger partial charge is 0.308 e. The summed E-state index contributed by atoms with van der Waals surface area (Å²) in [5.41, 5.74) is 2.26. The number of hydrogen-bond acceptors (Lipinski definition) is 5. The fourth-order valence-corrected chi connectivity index (χ4v) is 2.15. The minimum atomic E-state index is -1.20. The van der Waals surface area contributed by atoms with Crippen LogP contribution in [-0.4, -0.2) is 39.1 Å². The second-order valence-corrected chi connectivity index (χ2v) is 4.69. The van der Waals surface area contributed by atoms with Gasteiger partial charge in [-0.25, -0.2) is 0 Å². The number of H-pyrrole nitrogens is 1. The molecule has 0 aliphatic rings. The van der Waals surface area contributed by atoms with Gasteiger partial charge < -0.3 is 14.9 Å². The molecule has 0 saturated carbocycles. The van der Waals surface area contributed by atoms with Crippen molar-refractivity contribution in [3.8, 4) is 0 Å². The molecule has 6 nitrogen and oxygen atoms in total. The summed E-state index contributed by atoms with van der Waals surface area (Å²) in [6.45, 7) is 3.77. The zero-order chi connectivity index (χ0) is 14.7. The summed E-state index contributed by atoms with van der Waals surface area (Å²) in [5, 5.41) is 27.7. The first-order chi connectivity index (χ1) is 9.52. The number of benzene rings is 1. The zero-order valence-corrected chi connectivity index (χ0v) is 11.5. The molecule has 20 heavy (non-hydrogen) atoms. The van der Waals surface area contributed by atoms with Gasteiger partial charge in [0.25, 0.3) is 0 Å². The summed E-state index contributed by atoms with van der Waals surface area (Å²) < 4.78 is 4.76. The topological polar surface area (TPSA) is 95.4 Å². The Bertz CT molecular complexity index is 608. The molecule has 108 valence electrons. The number of esters is 1. The number of aryl methyl sites for hydroxylation is 1. The number of aliphatic hydroxyl groups excluding tert-OH is 2. The highest BCUT2D eigenvalue weighted by atomic mass is 16.5. The van der Waals surface area contributed by atoms with Gasteiger partial charge in [0.15, 0.2) is 0 Å². The average molecular weight is 278 g/mol. The Morgan fingerprint density at radius 3 is 2.90 bits per heavy atom. The van der Waals surface area contributed by atoms with Gasteiger partial charge in [-0.15, -0.1) is 0 Å². The van der Waals surface area contributed by atoms with E-state index in [0.717, 1.165) is 16.5 Å². The van der Waals surface area contributed by atoms with Crippen LogP contribution >= 0.6 is 0 Å². The first-order valence-electron chi connectivity index (χ1n) is 6.48. The van der Waals surface area contributed by atoms with Gasteiger partial charge in [-0.1, -0.05) is 0 Å². The van der Waals surface area contributed by atoms with E-state index < -0.39 is 18.2 Å². The number of carbonyl (C=O) groups excluding carboxylic acids is 1. The van der Waals surface area contributed by atoms with Crippen LogP contribution in [0, 0.1) is 6.92 Å². The van der Waals surface area contributed by atoms with E-state index >= 15 is 0 Å². The van der Waals surface area contributed by atoms with E-state index in [1.54, 1.807) is 19.2 Å². The van der Waals surface area contributed by atoms with Crippen LogP contribution in [0.1, 0.15) is 30.6 Å². The number of aromatic nitrogens is 2. The minimum absolute atomic E-state index is 0.238. The van der Waals surface area contributed by atoms with E-state index in [-0.39, 0.29) is 13.0 Å². The van der Waals surface area contributed by atoms with Gasteiger partial charge in [-0.3, -0.25) is 9.89 Å². The van der Waals surface area contributed by atoms with E-state index in [2.05, 4.69) is 10.2 Å². The van der Waals surface area contributed by atoms with Crippen LogP contribution in [0.15, 0.2) is 18.3 Å². The number of aliphatic hydroxyl groups is 2. The maximum Gasteiger partial charge on any atom is 0.308 e. The summed E-state index contributed by atoms with van der Waals surface area (Å²) in [4.78, 5) is 11.3. The van der Waals surface area contributed by atoms with E-state index in [9.17, 15) is 15.0 Å². The molecular formula is C14H18N2O4. The predicted octanol–water partition coefficient (Wildman–Crippen LogP) is 1.22. The van der Waals surface area contributed by atoms with Gasteiger partial charge in [0.2, 0.25) is 0 Å². The maximum absolute atomic E-state index is 11.3. The van der Waals surface area contributed by atoms with Crippen LogP contribution in [0.25, 0.3) is 10.9 Å². The molecule has 0 bridgehead atoms. The molecule has 2 rings (SSSR count). The second kappa shape index (κ2) is 6.02. The third-order valence-electron chi connectivity index (χ3n) is 3.19. The lowest BCUT2D eigenvalue weighted by Gasteiger charge is -2.19. The molecule has 2 atom stereocenters. The number of carbonyl (C=O) groups is 1. The zero-order valence-electron chi connectivity index (χ0n) is 11.5. The highest BCUT2D eigenvalue weighted by Crippen LogP contribution is 2.26. The summed E-state index contributed by atoms with van der Waals surface area (Å²) in [5.74, 6) is -0.527. The van der Waals surface area contributed by atoms with Crippen LogP contribution in [0.2, 0.25) is 0 Å². The van der Waals surface area contributed by atoms with Gasteiger partial charge in [0.1, 0.15) is 6.10 Å². The molecule has 0 saturated heterocycles. The fourth-order valence-electron chi connectivity index (χ4n) is 2.15. The van der Waals surface area contributed by atoms with Crippen molar-refractivity contribution in [1.82, 2.24) is 10.2 Å². The van der Waals surface area contributed by atoms with Gasteiger partial charge in [-0.2, -0.15) is 5.10 Å². The number of nitrogens with zero attached hydrogens (tertiary/aromatic N) is 1. The molecule has 0 aliphatic heterocycles. The Balaban J connectivity index is 2.19. The molecule has 2 unspecified atom stereocenters. The van der Waals surface area contributed by atoms with Crippen molar-refractivity contribution >= 4 is 16.9 Å². The normalized spacial score (nSPS) is 14.2. The molecule has 1 aromatic carbocycles. The van der Waals surface area contributed by atoms with Crippen LogP contribution in [0.3, 0.4) is 0 Å². The maximum atomic E-state index is 11.3. The quantitative estimate of drug-likeness (QED) is 0.715. The van der Waals surface area contributed by atoms with Gasteiger partial charge in [0, 0.05) is 5.39 Å². The largest absolute Gasteiger partial charge is 0.466 e. The van der Waals surface area contributed by atoms with Crippen molar-refractivity contribution in [1.29, 1.82) is 0 Å². The Labute approximate surface area is 116 Å². The van der Waals surface area contributed by atoms with Crippen molar-refractivity contribution in [2.24, 2.45) is 0 Å². The molecule has 0 fully saturated rings. The number of hydrogen-bond donors (Lipinski definition) is 3. The highest BCUT2D eigenvalue weighted by molar-refractivity contribution is 5.79. The number of ether oxygens (including phenoxy) is 1. The summed E-state index contributed by atoms with van der Waals surface area (Å²) >= 11 is 0. The van der Waals surface area contributed by atoms with Gasteiger partial charge in [-0.05, 0) is 37.1 Å². The van der Waals surface area contributed by atoms with Crippen LogP contribution in [-0.2, 0) is 9.53 Å². The van der Waals surface area contributed by atoms with Gasteiger partial charge >= 0.3 is 5.97 Å². The summed E-state index contributed by atoms with van der Waals surface area (Å²) in [6.07, 6.45) is -0.934. The van der Waals surface area contributed by atoms with Crippen molar-refractivity contribution in [2.75, 3.05) is 6.61 Å². The third kappa shape index (κ3) is 2.97. The minimum Gasteiger partial charge on any atom is -0.466 e. The molecule has 0 amide bonds. The number of nitrogens with one attached hydrogen (secondary N) is 1. The Morgan fingerprint density at radius 1 is 1.45 bits per heavy atom. The molecule has 1 aromatic heterocycles. The first kappa shape index (κ1) is 14.5. The monoisotopic (exact) mass is 278 g/mol. The van der Waals surface area contributed by atoms with Crippen molar-refractivity contribution < 1.29 is 19.7 Å². The van der Waals surface area contributed by atoms with E-state index in [4.69, 9.17) is 4.74 Å².